The average molecular weight is 431 g/mol. The minimum atomic E-state index is -0.404. The molecule has 0 saturated carbocycles. The number of rotatable bonds is 4. The highest BCUT2D eigenvalue weighted by Gasteiger charge is 2.40. The predicted octanol–water partition coefficient (Wildman–Crippen LogP) is 5.97. The summed E-state index contributed by atoms with van der Waals surface area (Å²) in [5.41, 5.74) is 6.95. The highest BCUT2D eigenvalue weighted by Crippen LogP contribution is 2.35. The van der Waals surface area contributed by atoms with Crippen LogP contribution in [0, 0.1) is 27.7 Å². The predicted molar refractivity (Wildman–Crippen MR) is 126 cm³/mol. The highest BCUT2D eigenvalue weighted by molar-refractivity contribution is 6.46. The summed E-state index contributed by atoms with van der Waals surface area (Å²) in [5.74, 6) is -0.777. The van der Waals surface area contributed by atoms with Gasteiger partial charge in [-0.05, 0) is 85.8 Å². The fourth-order valence-electron chi connectivity index (χ4n) is 3.62. The minimum absolute atomic E-state index is 0.261. The molecule has 3 aromatic carbocycles. The van der Waals surface area contributed by atoms with Crippen molar-refractivity contribution in [3.05, 3.63) is 99.2 Å². The second kappa shape index (κ2) is 8.05. The monoisotopic (exact) mass is 430 g/mol. The normalized spacial score (nSPS) is 13.9. The smallest absolute Gasteiger partial charge is 0.282 e. The summed E-state index contributed by atoms with van der Waals surface area (Å²) in [7, 11) is 0. The van der Waals surface area contributed by atoms with Crippen LogP contribution in [-0.2, 0) is 9.59 Å². The molecule has 0 saturated heterocycles. The Hall–Kier alpha value is -3.37. The summed E-state index contributed by atoms with van der Waals surface area (Å²) in [6.45, 7) is 8.05. The van der Waals surface area contributed by atoms with Gasteiger partial charge >= 0.3 is 0 Å². The lowest BCUT2D eigenvalue weighted by molar-refractivity contribution is -0.120. The minimum Gasteiger partial charge on any atom is -0.350 e. The van der Waals surface area contributed by atoms with E-state index in [1.54, 1.807) is 24.3 Å². The van der Waals surface area contributed by atoms with E-state index in [0.29, 0.717) is 21.8 Å². The number of imide groups is 1. The number of carbonyl (C=O) groups is 2. The molecule has 4 rings (SSSR count). The maximum absolute atomic E-state index is 13.5. The lowest BCUT2D eigenvalue weighted by Gasteiger charge is -2.16. The Bertz CT molecular complexity index is 1260. The fourth-order valence-corrected chi connectivity index (χ4v) is 3.81. The summed E-state index contributed by atoms with van der Waals surface area (Å²) in [6, 6.07) is 18.4. The summed E-state index contributed by atoms with van der Waals surface area (Å²) >= 11 is 6.13. The van der Waals surface area contributed by atoms with Crippen LogP contribution in [0.25, 0.3) is 5.57 Å². The van der Waals surface area contributed by atoms with Crippen LogP contribution < -0.4 is 10.2 Å². The van der Waals surface area contributed by atoms with Crippen molar-refractivity contribution in [2.24, 2.45) is 0 Å². The molecule has 0 aromatic heterocycles. The molecule has 1 aliphatic heterocycles. The van der Waals surface area contributed by atoms with E-state index in [4.69, 9.17) is 11.6 Å². The summed E-state index contributed by atoms with van der Waals surface area (Å²) in [4.78, 5) is 28.2. The number of nitrogens with zero attached hydrogens (tertiary/aromatic N) is 1. The van der Waals surface area contributed by atoms with Gasteiger partial charge in [-0.25, -0.2) is 4.90 Å². The molecule has 1 heterocycles. The SMILES string of the molecule is Cc1ccc(NC2=C(c3ccc(C)c(C)c3)C(=O)N(c3cccc(Cl)c3)C2=O)cc1C. The second-order valence-electron chi connectivity index (χ2n) is 7.90. The molecule has 0 fully saturated rings. The summed E-state index contributed by atoms with van der Waals surface area (Å²) in [6.07, 6.45) is 0. The van der Waals surface area contributed by atoms with E-state index >= 15 is 0 Å². The molecule has 1 N–H and O–H groups in total. The molecule has 2 amide bonds. The van der Waals surface area contributed by atoms with Gasteiger partial charge in [-0.3, -0.25) is 9.59 Å². The molecule has 0 bridgehead atoms. The Morgan fingerprint density at radius 3 is 2.06 bits per heavy atom. The largest absolute Gasteiger partial charge is 0.350 e. The third kappa shape index (κ3) is 3.87. The van der Waals surface area contributed by atoms with E-state index in [-0.39, 0.29) is 11.6 Å². The summed E-state index contributed by atoms with van der Waals surface area (Å²) < 4.78 is 0. The molecular weight excluding hydrogens is 408 g/mol. The number of hydrogen-bond acceptors (Lipinski definition) is 3. The lowest BCUT2D eigenvalue weighted by atomic mass is 9.99. The van der Waals surface area contributed by atoms with Crippen LogP contribution in [0.15, 0.2) is 66.4 Å². The highest BCUT2D eigenvalue weighted by atomic mass is 35.5. The number of hydrogen-bond donors (Lipinski definition) is 1. The maximum Gasteiger partial charge on any atom is 0.282 e. The van der Waals surface area contributed by atoms with Crippen molar-refractivity contribution in [3.8, 4) is 0 Å². The first kappa shape index (κ1) is 20.9. The maximum atomic E-state index is 13.5. The van der Waals surface area contributed by atoms with Gasteiger partial charge in [0.15, 0.2) is 0 Å². The first-order valence-corrected chi connectivity index (χ1v) is 10.4. The number of halogens is 1. The van der Waals surface area contributed by atoms with Gasteiger partial charge in [0.05, 0.1) is 11.3 Å². The molecular formula is C26H23ClN2O2. The van der Waals surface area contributed by atoms with Gasteiger partial charge in [0.25, 0.3) is 11.8 Å². The molecule has 4 nitrogen and oxygen atoms in total. The van der Waals surface area contributed by atoms with Gasteiger partial charge in [-0.15, -0.1) is 0 Å². The van der Waals surface area contributed by atoms with E-state index in [2.05, 4.69) is 5.32 Å². The number of nitrogens with one attached hydrogen (secondary N) is 1. The van der Waals surface area contributed by atoms with Crippen LogP contribution in [0.1, 0.15) is 27.8 Å². The zero-order valence-corrected chi connectivity index (χ0v) is 18.7. The van der Waals surface area contributed by atoms with Crippen molar-refractivity contribution < 1.29 is 9.59 Å². The van der Waals surface area contributed by atoms with Crippen molar-refractivity contribution in [3.63, 3.8) is 0 Å². The van der Waals surface area contributed by atoms with Gasteiger partial charge in [0, 0.05) is 10.7 Å². The molecule has 5 heteroatoms. The van der Waals surface area contributed by atoms with Crippen LogP contribution in [0.5, 0.6) is 0 Å². The second-order valence-corrected chi connectivity index (χ2v) is 8.34. The molecule has 0 radical (unpaired) electrons. The molecule has 3 aromatic rings. The van der Waals surface area contributed by atoms with Gasteiger partial charge in [-0.1, -0.05) is 41.9 Å². The first-order chi connectivity index (χ1) is 14.8. The zero-order chi connectivity index (χ0) is 22.3. The van der Waals surface area contributed by atoms with Gasteiger partial charge in [0.1, 0.15) is 5.70 Å². The van der Waals surface area contributed by atoms with Crippen molar-refractivity contribution in [1.82, 2.24) is 0 Å². The number of anilines is 2. The van der Waals surface area contributed by atoms with Gasteiger partial charge in [0.2, 0.25) is 0 Å². The Morgan fingerprint density at radius 2 is 1.42 bits per heavy atom. The lowest BCUT2D eigenvalue weighted by Crippen LogP contribution is -2.32. The molecule has 156 valence electrons. The quantitative estimate of drug-likeness (QED) is 0.518. The molecule has 0 atom stereocenters. The Morgan fingerprint density at radius 1 is 0.742 bits per heavy atom. The molecule has 31 heavy (non-hydrogen) atoms. The number of amides is 2. The molecule has 0 unspecified atom stereocenters. The van der Waals surface area contributed by atoms with Crippen LogP contribution in [0.3, 0.4) is 0 Å². The molecule has 1 aliphatic rings. The number of aryl methyl sites for hydroxylation is 4. The summed E-state index contributed by atoms with van der Waals surface area (Å²) in [5, 5.41) is 3.68. The first-order valence-electron chi connectivity index (χ1n) is 10.1. The molecule has 0 aliphatic carbocycles. The van der Waals surface area contributed by atoms with Crippen LogP contribution in [0.4, 0.5) is 11.4 Å². The van der Waals surface area contributed by atoms with Crippen LogP contribution in [-0.4, -0.2) is 11.8 Å². The standard InChI is InChI=1S/C26H23ClN2O2/c1-15-8-10-19(12-17(15)3)23-24(28-21-11-9-16(2)18(4)13-21)26(31)29(25(23)30)22-7-5-6-20(27)14-22/h5-14,28H,1-4H3. The van der Waals surface area contributed by atoms with Gasteiger partial charge in [-0.2, -0.15) is 0 Å². The van der Waals surface area contributed by atoms with Crippen molar-refractivity contribution in [2.75, 3.05) is 10.2 Å². The van der Waals surface area contributed by atoms with Crippen molar-refractivity contribution in [2.45, 2.75) is 27.7 Å². The zero-order valence-electron chi connectivity index (χ0n) is 17.9. The Labute approximate surface area is 187 Å². The van der Waals surface area contributed by atoms with Gasteiger partial charge < -0.3 is 5.32 Å². The van der Waals surface area contributed by atoms with Crippen molar-refractivity contribution in [1.29, 1.82) is 0 Å². The van der Waals surface area contributed by atoms with Crippen molar-refractivity contribution >= 4 is 40.4 Å². The van der Waals surface area contributed by atoms with E-state index in [0.717, 1.165) is 27.9 Å². The fraction of sp³-hybridized carbons (Fsp3) is 0.154. The topological polar surface area (TPSA) is 49.4 Å². The Kier molecular flexibility index (Phi) is 5.42. The van der Waals surface area contributed by atoms with Crippen LogP contribution >= 0.6 is 11.6 Å². The van der Waals surface area contributed by atoms with E-state index < -0.39 is 5.91 Å². The van der Waals surface area contributed by atoms with Crippen LogP contribution in [0.2, 0.25) is 5.02 Å². The third-order valence-corrected chi connectivity index (χ3v) is 5.96. The van der Waals surface area contributed by atoms with E-state index in [1.807, 2.05) is 64.1 Å². The number of carbonyl (C=O) groups excluding carboxylic acids is 2. The van der Waals surface area contributed by atoms with E-state index in [9.17, 15) is 9.59 Å². The number of benzene rings is 3. The van der Waals surface area contributed by atoms with E-state index in [1.165, 1.54) is 4.90 Å². The molecule has 0 spiro atoms. The Balaban J connectivity index is 1.85. The average Bonchev–Trinajstić information content (AvgIpc) is 2.96. The third-order valence-electron chi connectivity index (χ3n) is 5.72.